The molecule has 0 saturated heterocycles. The van der Waals surface area contributed by atoms with Crippen molar-refractivity contribution in [3.8, 4) is 23.4 Å². The number of para-hydroxylation sites is 1. The smallest absolute Gasteiger partial charge is 0.321 e. The van der Waals surface area contributed by atoms with Gasteiger partial charge in [0.15, 0.2) is 5.82 Å². The van der Waals surface area contributed by atoms with Gasteiger partial charge in [0.05, 0.1) is 19.1 Å². The lowest BCUT2D eigenvalue weighted by atomic mass is 10.2. The molecule has 0 aliphatic carbocycles. The van der Waals surface area contributed by atoms with E-state index in [1.807, 2.05) is 30.3 Å². The summed E-state index contributed by atoms with van der Waals surface area (Å²) in [6.45, 7) is 0.734. The Balaban J connectivity index is 1.31. The number of anilines is 2. The van der Waals surface area contributed by atoms with E-state index in [4.69, 9.17) is 18.9 Å². The summed E-state index contributed by atoms with van der Waals surface area (Å²) in [6.07, 6.45) is 0. The first-order valence-corrected chi connectivity index (χ1v) is 13.2. The summed E-state index contributed by atoms with van der Waals surface area (Å²) in [4.78, 5) is 20.5. The third kappa shape index (κ3) is 7.58. The average Bonchev–Trinajstić information content (AvgIpc) is 2.96. The second-order valence-corrected chi connectivity index (χ2v) is 9.58. The number of rotatable bonds is 12. The van der Waals surface area contributed by atoms with E-state index in [1.54, 1.807) is 24.3 Å². The topological polar surface area (TPSA) is 138 Å². The number of nitrogens with zero attached hydrogens (tertiary/aromatic N) is 2. The van der Waals surface area contributed by atoms with Crippen LogP contribution in [0.1, 0.15) is 10.4 Å². The number of amides is 1. The number of benzene rings is 3. The first kappa shape index (κ1) is 27.2. The molecule has 1 heterocycles. The van der Waals surface area contributed by atoms with Crippen molar-refractivity contribution in [2.75, 3.05) is 37.5 Å². The number of ether oxygens (including phenoxy) is 4. The van der Waals surface area contributed by atoms with E-state index in [0.29, 0.717) is 30.2 Å². The Bertz CT molecular complexity index is 1480. The zero-order chi connectivity index (χ0) is 27.7. The lowest BCUT2D eigenvalue weighted by Crippen LogP contribution is -2.15. The van der Waals surface area contributed by atoms with Crippen LogP contribution in [-0.4, -0.2) is 51.7 Å². The van der Waals surface area contributed by atoms with Gasteiger partial charge in [-0.1, -0.05) is 18.2 Å². The van der Waals surface area contributed by atoms with Crippen molar-refractivity contribution < 1.29 is 32.2 Å². The molecule has 39 heavy (non-hydrogen) atoms. The van der Waals surface area contributed by atoms with Crippen LogP contribution in [-0.2, 0) is 10.0 Å². The van der Waals surface area contributed by atoms with Crippen molar-refractivity contribution in [3.05, 3.63) is 90.5 Å². The van der Waals surface area contributed by atoms with Crippen molar-refractivity contribution in [1.29, 1.82) is 0 Å². The molecule has 202 valence electrons. The number of carbonyl (C=O) groups is 1. The highest BCUT2D eigenvalue weighted by Gasteiger charge is 2.17. The lowest BCUT2D eigenvalue weighted by Gasteiger charge is -2.11. The molecule has 1 amide bonds. The van der Waals surface area contributed by atoms with Crippen molar-refractivity contribution in [3.63, 3.8) is 0 Å². The second-order valence-electron chi connectivity index (χ2n) is 7.90. The summed E-state index contributed by atoms with van der Waals surface area (Å²) in [5, 5.41) is 2.74. The van der Waals surface area contributed by atoms with E-state index in [2.05, 4.69) is 20.0 Å². The van der Waals surface area contributed by atoms with Gasteiger partial charge in [0.1, 0.15) is 24.7 Å². The maximum Gasteiger partial charge on any atom is 0.321 e. The number of sulfonamides is 1. The van der Waals surface area contributed by atoms with Gasteiger partial charge >= 0.3 is 6.01 Å². The zero-order valence-corrected chi connectivity index (χ0v) is 22.0. The Hall–Kier alpha value is -4.84. The van der Waals surface area contributed by atoms with Crippen LogP contribution in [0.3, 0.4) is 0 Å². The Morgan fingerprint density at radius 2 is 1.44 bits per heavy atom. The molecule has 12 heteroatoms. The first-order chi connectivity index (χ1) is 18.9. The normalized spacial score (nSPS) is 10.8. The molecule has 0 bridgehead atoms. The van der Waals surface area contributed by atoms with Gasteiger partial charge in [0.25, 0.3) is 15.9 Å². The molecule has 0 aliphatic heterocycles. The highest BCUT2D eigenvalue weighted by molar-refractivity contribution is 7.92. The monoisotopic (exact) mass is 550 g/mol. The predicted molar refractivity (Wildman–Crippen MR) is 144 cm³/mol. The molecule has 11 nitrogen and oxygen atoms in total. The lowest BCUT2D eigenvalue weighted by molar-refractivity contribution is 0.102. The molecular weight excluding hydrogens is 524 g/mol. The third-order valence-electron chi connectivity index (χ3n) is 5.22. The number of aromatic nitrogens is 2. The average molecular weight is 551 g/mol. The van der Waals surface area contributed by atoms with Gasteiger partial charge in [-0.2, -0.15) is 9.97 Å². The molecular formula is C27H26N4O7S. The molecule has 0 unspecified atom stereocenters. The molecule has 0 atom stereocenters. The van der Waals surface area contributed by atoms with Crippen molar-refractivity contribution in [2.45, 2.75) is 4.90 Å². The van der Waals surface area contributed by atoms with E-state index in [-0.39, 0.29) is 28.5 Å². The summed E-state index contributed by atoms with van der Waals surface area (Å²) in [6, 6.07) is 23.0. The maximum absolute atomic E-state index is 12.8. The fraction of sp³-hybridized carbons (Fsp3) is 0.148. The largest absolute Gasteiger partial charge is 0.490 e. The summed E-state index contributed by atoms with van der Waals surface area (Å²) >= 11 is 0. The van der Waals surface area contributed by atoms with E-state index in [9.17, 15) is 13.2 Å². The van der Waals surface area contributed by atoms with E-state index < -0.39 is 10.0 Å². The van der Waals surface area contributed by atoms with Crippen molar-refractivity contribution in [2.24, 2.45) is 0 Å². The van der Waals surface area contributed by atoms with Gasteiger partial charge < -0.3 is 24.3 Å². The molecule has 4 aromatic rings. The van der Waals surface area contributed by atoms with Crippen LogP contribution in [0.25, 0.3) is 0 Å². The molecule has 0 aliphatic rings. The molecule has 0 spiro atoms. The summed E-state index contributed by atoms with van der Waals surface area (Å²) in [5.74, 6) is 1.12. The second kappa shape index (κ2) is 12.6. The molecule has 0 saturated carbocycles. The molecule has 1 aromatic heterocycles. The number of carbonyl (C=O) groups excluding carboxylic acids is 1. The third-order valence-corrected chi connectivity index (χ3v) is 6.59. The fourth-order valence-corrected chi connectivity index (χ4v) is 4.30. The minimum absolute atomic E-state index is 0.0211. The standard InChI is InChI=1S/C27H26N4O7S/c1-35-25-18-24(29-27(30-25)36-2)31-39(33,34)23-14-10-20(11-15-23)28-26(32)19-8-12-22(13-9-19)38-17-16-37-21-6-4-3-5-7-21/h3-15,18H,16-17H2,1-2H3,(H,28,32)(H,29,30,31). The summed E-state index contributed by atoms with van der Waals surface area (Å²) in [5.41, 5.74) is 0.829. The number of nitrogens with one attached hydrogen (secondary N) is 2. The Morgan fingerprint density at radius 3 is 2.05 bits per heavy atom. The fourth-order valence-electron chi connectivity index (χ4n) is 3.31. The molecule has 3 aromatic carbocycles. The van der Waals surface area contributed by atoms with Gasteiger partial charge in [-0.15, -0.1) is 0 Å². The Kier molecular flexibility index (Phi) is 8.79. The number of methoxy groups -OCH3 is 2. The number of hydrogen-bond acceptors (Lipinski definition) is 9. The molecule has 2 N–H and O–H groups in total. The Morgan fingerprint density at radius 1 is 0.795 bits per heavy atom. The predicted octanol–water partition coefficient (Wildman–Crippen LogP) is 4.00. The van der Waals surface area contributed by atoms with Crippen LogP contribution in [0.2, 0.25) is 0 Å². The van der Waals surface area contributed by atoms with Crippen LogP contribution in [0.4, 0.5) is 11.5 Å². The van der Waals surface area contributed by atoms with Gasteiger partial charge in [-0.3, -0.25) is 9.52 Å². The van der Waals surface area contributed by atoms with Gasteiger partial charge in [0.2, 0.25) is 5.88 Å². The summed E-state index contributed by atoms with van der Waals surface area (Å²) in [7, 11) is -1.24. The highest BCUT2D eigenvalue weighted by Crippen LogP contribution is 2.22. The van der Waals surface area contributed by atoms with Crippen molar-refractivity contribution in [1.82, 2.24) is 9.97 Å². The molecule has 0 fully saturated rings. The minimum atomic E-state index is -3.98. The van der Waals surface area contributed by atoms with Gasteiger partial charge in [-0.05, 0) is 60.7 Å². The SMILES string of the molecule is COc1cc(NS(=O)(=O)c2ccc(NC(=O)c3ccc(OCCOc4ccccc4)cc3)cc2)nc(OC)n1. The van der Waals surface area contributed by atoms with Crippen LogP contribution < -0.4 is 29.0 Å². The molecule has 4 rings (SSSR count). The van der Waals surface area contributed by atoms with E-state index in [1.165, 1.54) is 44.6 Å². The molecule has 0 radical (unpaired) electrons. The number of hydrogen-bond donors (Lipinski definition) is 2. The van der Waals surface area contributed by atoms with Crippen LogP contribution >= 0.6 is 0 Å². The first-order valence-electron chi connectivity index (χ1n) is 11.7. The van der Waals surface area contributed by atoms with Crippen LogP contribution in [0.15, 0.2) is 89.8 Å². The van der Waals surface area contributed by atoms with Gasteiger partial charge in [0, 0.05) is 17.3 Å². The van der Waals surface area contributed by atoms with Crippen LogP contribution in [0.5, 0.6) is 23.4 Å². The van der Waals surface area contributed by atoms with Gasteiger partial charge in [-0.25, -0.2) is 8.42 Å². The maximum atomic E-state index is 12.8. The van der Waals surface area contributed by atoms with E-state index in [0.717, 1.165) is 5.75 Å². The van der Waals surface area contributed by atoms with Crippen LogP contribution in [0, 0.1) is 0 Å². The zero-order valence-electron chi connectivity index (χ0n) is 21.2. The minimum Gasteiger partial charge on any atom is -0.490 e. The Labute approximate surface area is 225 Å². The van der Waals surface area contributed by atoms with Crippen molar-refractivity contribution >= 4 is 27.4 Å². The quantitative estimate of drug-likeness (QED) is 0.251. The van der Waals surface area contributed by atoms with E-state index >= 15 is 0 Å². The highest BCUT2D eigenvalue weighted by atomic mass is 32.2. The summed E-state index contributed by atoms with van der Waals surface area (Å²) < 4.78 is 49.2.